The van der Waals surface area contributed by atoms with E-state index in [1.54, 1.807) is 0 Å². The molecule has 1 atom stereocenters. The summed E-state index contributed by atoms with van der Waals surface area (Å²) in [4.78, 5) is 0. The van der Waals surface area contributed by atoms with Gasteiger partial charge in [0.15, 0.2) is 0 Å². The smallest absolute Gasteiger partial charge is 0.0595 e. The topological polar surface area (TPSA) is 12.0 Å². The molecule has 1 rings (SSSR count). The molecule has 0 fully saturated rings. The number of halogens is 2. The lowest BCUT2D eigenvalue weighted by Gasteiger charge is -2.14. The van der Waals surface area contributed by atoms with Crippen molar-refractivity contribution < 1.29 is 0 Å². The first kappa shape index (κ1) is 15.8. The van der Waals surface area contributed by atoms with E-state index in [4.69, 9.17) is 23.2 Å². The number of hydrogen-bond donors (Lipinski definition) is 1. The van der Waals surface area contributed by atoms with Gasteiger partial charge in [0, 0.05) is 12.6 Å². The molecule has 0 radical (unpaired) electrons. The van der Waals surface area contributed by atoms with Gasteiger partial charge in [-0.15, -0.1) is 0 Å². The fourth-order valence-electron chi connectivity index (χ4n) is 1.88. The van der Waals surface area contributed by atoms with Crippen molar-refractivity contribution in [2.24, 2.45) is 5.92 Å². The Morgan fingerprint density at radius 1 is 1.06 bits per heavy atom. The molecule has 0 saturated carbocycles. The number of rotatable bonds is 7. The van der Waals surface area contributed by atoms with Gasteiger partial charge in [-0.1, -0.05) is 56.0 Å². The molecule has 1 aromatic rings. The van der Waals surface area contributed by atoms with Crippen molar-refractivity contribution in [1.29, 1.82) is 0 Å². The summed E-state index contributed by atoms with van der Waals surface area (Å²) in [7, 11) is 0. The monoisotopic (exact) mass is 287 g/mol. The molecule has 1 aromatic carbocycles. The van der Waals surface area contributed by atoms with Gasteiger partial charge in [-0.05, 0) is 37.0 Å². The first-order valence-corrected chi connectivity index (χ1v) is 7.42. The highest BCUT2D eigenvalue weighted by Crippen LogP contribution is 2.22. The quantitative estimate of drug-likeness (QED) is 0.718. The molecule has 0 aromatic heterocycles. The lowest BCUT2D eigenvalue weighted by atomic mass is 10.0. The van der Waals surface area contributed by atoms with Crippen LogP contribution >= 0.6 is 23.2 Å². The lowest BCUT2D eigenvalue weighted by Crippen LogP contribution is -2.25. The molecule has 1 N–H and O–H groups in total. The van der Waals surface area contributed by atoms with Crippen molar-refractivity contribution in [3.05, 3.63) is 33.8 Å². The summed E-state index contributed by atoms with van der Waals surface area (Å²) in [6.07, 6.45) is 3.81. The van der Waals surface area contributed by atoms with E-state index >= 15 is 0 Å². The Morgan fingerprint density at radius 2 is 1.78 bits per heavy atom. The normalized spacial score (nSPS) is 13.0. The maximum absolute atomic E-state index is 5.99. The van der Waals surface area contributed by atoms with Crippen LogP contribution in [0.4, 0.5) is 0 Å². The van der Waals surface area contributed by atoms with Gasteiger partial charge >= 0.3 is 0 Å². The second-order valence-corrected chi connectivity index (χ2v) is 6.17. The fourth-order valence-corrected chi connectivity index (χ4v) is 2.20. The second-order valence-electron chi connectivity index (χ2n) is 5.36. The van der Waals surface area contributed by atoms with Gasteiger partial charge in [0.05, 0.1) is 10.0 Å². The predicted octanol–water partition coefficient (Wildman–Crippen LogP) is 5.30. The minimum Gasteiger partial charge on any atom is -0.310 e. The Balaban J connectivity index is 2.29. The molecule has 3 heteroatoms. The van der Waals surface area contributed by atoms with Crippen molar-refractivity contribution in [2.45, 2.75) is 52.6 Å². The Bertz CT molecular complexity index is 364. The zero-order chi connectivity index (χ0) is 13.5. The van der Waals surface area contributed by atoms with E-state index in [1.165, 1.54) is 24.8 Å². The predicted molar refractivity (Wildman–Crippen MR) is 81.5 cm³/mol. The first-order chi connectivity index (χ1) is 8.49. The molecule has 0 spiro atoms. The van der Waals surface area contributed by atoms with Crippen molar-refractivity contribution >= 4 is 23.2 Å². The van der Waals surface area contributed by atoms with Crippen molar-refractivity contribution in [2.75, 3.05) is 0 Å². The Labute approximate surface area is 121 Å². The van der Waals surface area contributed by atoms with Gasteiger partial charge in [0.25, 0.3) is 0 Å². The van der Waals surface area contributed by atoms with Gasteiger partial charge in [0.1, 0.15) is 0 Å². The van der Waals surface area contributed by atoms with Crippen LogP contribution in [0.5, 0.6) is 0 Å². The highest BCUT2D eigenvalue weighted by atomic mass is 35.5. The average Bonchev–Trinajstić information content (AvgIpc) is 2.30. The maximum atomic E-state index is 5.99. The summed E-state index contributed by atoms with van der Waals surface area (Å²) in [5.74, 6) is 0.798. The molecule has 0 amide bonds. The van der Waals surface area contributed by atoms with Crippen molar-refractivity contribution in [3.63, 3.8) is 0 Å². The highest BCUT2D eigenvalue weighted by molar-refractivity contribution is 6.42. The SMILES string of the molecule is CC(C)CCCC(C)NCc1ccc(Cl)c(Cl)c1. The Morgan fingerprint density at radius 3 is 2.39 bits per heavy atom. The summed E-state index contributed by atoms with van der Waals surface area (Å²) < 4.78 is 0. The van der Waals surface area contributed by atoms with Gasteiger partial charge in [0.2, 0.25) is 0 Å². The van der Waals surface area contributed by atoms with Crippen molar-refractivity contribution in [1.82, 2.24) is 5.32 Å². The van der Waals surface area contributed by atoms with E-state index in [9.17, 15) is 0 Å². The van der Waals surface area contributed by atoms with E-state index in [0.717, 1.165) is 12.5 Å². The van der Waals surface area contributed by atoms with Crippen LogP contribution in [0.25, 0.3) is 0 Å². The Kier molecular flexibility index (Phi) is 7.06. The minimum atomic E-state index is 0.540. The summed E-state index contributed by atoms with van der Waals surface area (Å²) in [5, 5.41) is 4.76. The van der Waals surface area contributed by atoms with E-state index in [1.807, 2.05) is 18.2 Å². The first-order valence-electron chi connectivity index (χ1n) is 6.66. The van der Waals surface area contributed by atoms with Gasteiger partial charge in [-0.25, -0.2) is 0 Å². The van der Waals surface area contributed by atoms with E-state index in [-0.39, 0.29) is 0 Å². The zero-order valence-electron chi connectivity index (χ0n) is 11.5. The van der Waals surface area contributed by atoms with Crippen LogP contribution < -0.4 is 5.32 Å². The van der Waals surface area contributed by atoms with Crippen LogP contribution in [0.1, 0.15) is 45.6 Å². The fraction of sp³-hybridized carbons (Fsp3) is 0.600. The summed E-state index contributed by atoms with van der Waals surface area (Å²) in [6, 6.07) is 6.34. The van der Waals surface area contributed by atoms with Crippen LogP contribution in [-0.2, 0) is 6.54 Å². The highest BCUT2D eigenvalue weighted by Gasteiger charge is 2.04. The second kappa shape index (κ2) is 8.04. The van der Waals surface area contributed by atoms with Crippen molar-refractivity contribution in [3.8, 4) is 0 Å². The molecule has 0 aliphatic heterocycles. The molecule has 1 nitrogen and oxygen atoms in total. The molecule has 1 unspecified atom stereocenters. The molecular formula is C15H23Cl2N. The minimum absolute atomic E-state index is 0.540. The zero-order valence-corrected chi connectivity index (χ0v) is 13.0. The largest absolute Gasteiger partial charge is 0.310 e. The third kappa shape index (κ3) is 6.08. The molecule has 0 aliphatic carbocycles. The lowest BCUT2D eigenvalue weighted by molar-refractivity contribution is 0.457. The van der Waals surface area contributed by atoms with Crippen LogP contribution in [0.2, 0.25) is 10.0 Å². The molecule has 0 bridgehead atoms. The molecule has 0 aliphatic rings. The van der Waals surface area contributed by atoms with E-state index < -0.39 is 0 Å². The number of benzene rings is 1. The van der Waals surface area contributed by atoms with Crippen LogP contribution in [0.15, 0.2) is 18.2 Å². The van der Waals surface area contributed by atoms with Gasteiger partial charge in [-0.2, -0.15) is 0 Å². The van der Waals surface area contributed by atoms with Crippen LogP contribution in [0.3, 0.4) is 0 Å². The van der Waals surface area contributed by atoms with Gasteiger partial charge in [-0.3, -0.25) is 0 Å². The Hall–Kier alpha value is -0.240. The third-order valence-electron chi connectivity index (χ3n) is 3.06. The van der Waals surface area contributed by atoms with Gasteiger partial charge < -0.3 is 5.32 Å². The summed E-state index contributed by atoms with van der Waals surface area (Å²) >= 11 is 11.9. The van der Waals surface area contributed by atoms with Crippen LogP contribution in [0, 0.1) is 5.92 Å². The molecule has 0 heterocycles. The average molecular weight is 288 g/mol. The third-order valence-corrected chi connectivity index (χ3v) is 3.80. The molecular weight excluding hydrogens is 265 g/mol. The maximum Gasteiger partial charge on any atom is 0.0595 e. The standard InChI is InChI=1S/C15H23Cl2N/c1-11(2)5-4-6-12(3)18-10-13-7-8-14(16)15(17)9-13/h7-9,11-12,18H,4-6,10H2,1-3H3. The number of nitrogens with one attached hydrogen (secondary N) is 1. The summed E-state index contributed by atoms with van der Waals surface area (Å²) in [6.45, 7) is 7.62. The molecule has 102 valence electrons. The molecule has 18 heavy (non-hydrogen) atoms. The molecule has 0 saturated heterocycles. The van der Waals surface area contributed by atoms with E-state index in [0.29, 0.717) is 16.1 Å². The number of hydrogen-bond acceptors (Lipinski definition) is 1. The summed E-state index contributed by atoms with van der Waals surface area (Å²) in [5.41, 5.74) is 1.18. The van der Waals surface area contributed by atoms with E-state index in [2.05, 4.69) is 26.1 Å². The van der Waals surface area contributed by atoms with Crippen LogP contribution in [-0.4, -0.2) is 6.04 Å².